The molecule has 0 spiro atoms. The van der Waals surface area contributed by atoms with E-state index in [1.54, 1.807) is 40.1 Å². The van der Waals surface area contributed by atoms with Gasteiger partial charge in [-0.1, -0.05) is 18.2 Å². The number of hydrogen-bond donors (Lipinski definition) is 1. The zero-order chi connectivity index (χ0) is 20.3. The highest BCUT2D eigenvalue weighted by molar-refractivity contribution is 5.97. The first kappa shape index (κ1) is 18.8. The molecule has 3 heterocycles. The molecule has 148 valence electrons. The van der Waals surface area contributed by atoms with Gasteiger partial charge >= 0.3 is 0 Å². The molecule has 2 aromatic heterocycles. The number of carbonyl (C=O) groups excluding carboxylic acids is 2. The fourth-order valence-electron chi connectivity index (χ4n) is 3.62. The Morgan fingerprint density at radius 3 is 2.72 bits per heavy atom. The van der Waals surface area contributed by atoms with E-state index in [-0.39, 0.29) is 11.8 Å². The first-order chi connectivity index (χ1) is 14.1. The van der Waals surface area contributed by atoms with E-state index < -0.39 is 5.41 Å². The van der Waals surface area contributed by atoms with Gasteiger partial charge in [-0.15, -0.1) is 10.2 Å². The number of carbonyl (C=O) groups is 2. The molecule has 1 saturated heterocycles. The summed E-state index contributed by atoms with van der Waals surface area (Å²) in [5, 5.41) is 10.8. The number of piperidine rings is 1. The van der Waals surface area contributed by atoms with E-state index in [2.05, 4.69) is 20.5 Å². The second-order valence-electron chi connectivity index (χ2n) is 7.45. The van der Waals surface area contributed by atoms with Crippen LogP contribution < -0.4 is 5.32 Å². The smallest absolute Gasteiger partial charge is 0.253 e. The van der Waals surface area contributed by atoms with Crippen molar-refractivity contribution in [1.29, 1.82) is 0 Å². The molecule has 2 amide bonds. The van der Waals surface area contributed by atoms with Crippen LogP contribution in [0.5, 0.6) is 0 Å². The summed E-state index contributed by atoms with van der Waals surface area (Å²) < 4.78 is 1.67. The molecule has 1 fully saturated rings. The fraction of sp³-hybridized carbons (Fsp3) is 0.286. The lowest BCUT2D eigenvalue weighted by Crippen LogP contribution is -2.50. The van der Waals surface area contributed by atoms with Crippen LogP contribution in [0.4, 0.5) is 5.95 Å². The van der Waals surface area contributed by atoms with E-state index in [9.17, 15) is 9.59 Å². The van der Waals surface area contributed by atoms with Crippen molar-refractivity contribution >= 4 is 17.8 Å². The van der Waals surface area contributed by atoms with Crippen LogP contribution in [0.15, 0.2) is 61.2 Å². The average Bonchev–Trinajstić information content (AvgIpc) is 3.22. The van der Waals surface area contributed by atoms with Crippen LogP contribution in [0.1, 0.15) is 30.1 Å². The summed E-state index contributed by atoms with van der Waals surface area (Å²) in [5.41, 5.74) is 0.671. The summed E-state index contributed by atoms with van der Waals surface area (Å²) in [6.07, 6.45) is 6.33. The van der Waals surface area contributed by atoms with Gasteiger partial charge in [0.1, 0.15) is 6.33 Å². The number of likely N-dealkylation sites (tertiary alicyclic amines) is 1. The molecule has 1 aliphatic rings. The first-order valence-electron chi connectivity index (χ1n) is 9.53. The van der Waals surface area contributed by atoms with Gasteiger partial charge in [-0.25, -0.2) is 0 Å². The SMILES string of the molecule is CC1(C(=O)Nc2nncn2-c2cccnc2)CCCN(C(=O)c2ccccc2)C1. The standard InChI is InChI=1S/C21H22N6O2/c1-21(10-6-12-26(14-21)18(28)16-7-3-2-4-8-16)19(29)24-20-25-23-15-27(20)17-9-5-11-22-13-17/h2-5,7-9,11,13,15H,6,10,12,14H2,1H3,(H,24,25,29). The van der Waals surface area contributed by atoms with Crippen molar-refractivity contribution in [2.45, 2.75) is 19.8 Å². The van der Waals surface area contributed by atoms with Gasteiger partial charge in [0.15, 0.2) is 0 Å². The zero-order valence-electron chi connectivity index (χ0n) is 16.2. The molecule has 1 aromatic carbocycles. The van der Waals surface area contributed by atoms with E-state index in [1.165, 1.54) is 6.33 Å². The molecule has 0 bridgehead atoms. The Labute approximate surface area is 168 Å². The number of nitrogens with one attached hydrogen (secondary N) is 1. The molecule has 29 heavy (non-hydrogen) atoms. The molecule has 1 atom stereocenters. The molecule has 1 N–H and O–H groups in total. The van der Waals surface area contributed by atoms with E-state index in [1.807, 2.05) is 31.2 Å². The predicted octanol–water partition coefficient (Wildman–Crippen LogP) is 2.54. The second-order valence-corrected chi connectivity index (χ2v) is 7.45. The van der Waals surface area contributed by atoms with Crippen LogP contribution in [-0.4, -0.2) is 49.6 Å². The number of aromatic nitrogens is 4. The number of nitrogens with zero attached hydrogens (tertiary/aromatic N) is 5. The third-order valence-electron chi connectivity index (χ3n) is 5.25. The van der Waals surface area contributed by atoms with Crippen molar-refractivity contribution in [1.82, 2.24) is 24.6 Å². The normalized spacial score (nSPS) is 19.0. The molecule has 8 heteroatoms. The minimum Gasteiger partial charge on any atom is -0.338 e. The maximum atomic E-state index is 13.1. The third kappa shape index (κ3) is 3.87. The van der Waals surface area contributed by atoms with Crippen molar-refractivity contribution in [2.75, 3.05) is 18.4 Å². The van der Waals surface area contributed by atoms with E-state index in [0.717, 1.165) is 12.1 Å². The van der Waals surface area contributed by atoms with Crippen LogP contribution in [0.3, 0.4) is 0 Å². The van der Waals surface area contributed by atoms with Crippen LogP contribution in [0.25, 0.3) is 5.69 Å². The van der Waals surface area contributed by atoms with Crippen LogP contribution in [-0.2, 0) is 4.79 Å². The van der Waals surface area contributed by atoms with Crippen molar-refractivity contribution in [3.05, 3.63) is 66.7 Å². The quantitative estimate of drug-likeness (QED) is 0.739. The van der Waals surface area contributed by atoms with Crippen molar-refractivity contribution < 1.29 is 9.59 Å². The minimum absolute atomic E-state index is 0.0529. The maximum Gasteiger partial charge on any atom is 0.253 e. The highest BCUT2D eigenvalue weighted by Gasteiger charge is 2.40. The summed E-state index contributed by atoms with van der Waals surface area (Å²) >= 11 is 0. The van der Waals surface area contributed by atoms with Gasteiger partial charge in [-0.05, 0) is 44.0 Å². The number of pyridine rings is 1. The Balaban J connectivity index is 1.50. The highest BCUT2D eigenvalue weighted by atomic mass is 16.2. The number of rotatable bonds is 4. The molecule has 1 unspecified atom stereocenters. The summed E-state index contributed by atoms with van der Waals surface area (Å²) in [6, 6.07) is 12.8. The molecule has 0 radical (unpaired) electrons. The molecular formula is C21H22N6O2. The summed E-state index contributed by atoms with van der Waals surface area (Å²) in [7, 11) is 0. The summed E-state index contributed by atoms with van der Waals surface area (Å²) in [4.78, 5) is 31.8. The van der Waals surface area contributed by atoms with Crippen LogP contribution in [0, 0.1) is 5.41 Å². The largest absolute Gasteiger partial charge is 0.338 e. The summed E-state index contributed by atoms with van der Waals surface area (Å²) in [5.74, 6) is 0.0970. The van der Waals surface area contributed by atoms with E-state index >= 15 is 0 Å². The van der Waals surface area contributed by atoms with Crippen molar-refractivity contribution in [3.8, 4) is 5.69 Å². The lowest BCUT2D eigenvalue weighted by Gasteiger charge is -2.39. The zero-order valence-corrected chi connectivity index (χ0v) is 16.2. The third-order valence-corrected chi connectivity index (χ3v) is 5.25. The molecule has 3 aromatic rings. The second kappa shape index (κ2) is 7.83. The Morgan fingerprint density at radius 2 is 1.97 bits per heavy atom. The number of benzene rings is 1. The topological polar surface area (TPSA) is 93.0 Å². The van der Waals surface area contributed by atoms with Gasteiger partial charge in [0.25, 0.3) is 5.91 Å². The first-order valence-corrected chi connectivity index (χ1v) is 9.53. The number of amides is 2. The Hall–Kier alpha value is -3.55. The van der Waals surface area contributed by atoms with Crippen LogP contribution >= 0.6 is 0 Å². The molecule has 8 nitrogen and oxygen atoms in total. The molecule has 4 rings (SSSR count). The minimum atomic E-state index is -0.714. The average molecular weight is 390 g/mol. The molecule has 0 saturated carbocycles. The lowest BCUT2D eigenvalue weighted by atomic mass is 9.80. The molecule has 1 aliphatic heterocycles. The van der Waals surface area contributed by atoms with Gasteiger partial charge in [-0.2, -0.15) is 0 Å². The molecular weight excluding hydrogens is 368 g/mol. The Kier molecular flexibility index (Phi) is 5.07. The van der Waals surface area contributed by atoms with Crippen LogP contribution in [0.2, 0.25) is 0 Å². The number of anilines is 1. The van der Waals surface area contributed by atoms with E-state index in [0.29, 0.717) is 31.0 Å². The molecule has 0 aliphatic carbocycles. The van der Waals surface area contributed by atoms with Gasteiger partial charge in [0.05, 0.1) is 17.3 Å². The van der Waals surface area contributed by atoms with Gasteiger partial charge in [0.2, 0.25) is 11.9 Å². The fourth-order valence-corrected chi connectivity index (χ4v) is 3.62. The number of hydrogen-bond acceptors (Lipinski definition) is 5. The van der Waals surface area contributed by atoms with Crippen molar-refractivity contribution in [2.24, 2.45) is 5.41 Å². The van der Waals surface area contributed by atoms with Gasteiger partial charge < -0.3 is 4.90 Å². The van der Waals surface area contributed by atoms with Gasteiger partial charge in [-0.3, -0.25) is 24.5 Å². The van der Waals surface area contributed by atoms with E-state index in [4.69, 9.17) is 0 Å². The summed E-state index contributed by atoms with van der Waals surface area (Å²) in [6.45, 7) is 2.88. The Bertz CT molecular complexity index is 1000. The predicted molar refractivity (Wildman–Crippen MR) is 107 cm³/mol. The Morgan fingerprint density at radius 1 is 1.14 bits per heavy atom. The monoisotopic (exact) mass is 390 g/mol. The maximum absolute atomic E-state index is 13.1. The highest BCUT2D eigenvalue weighted by Crippen LogP contribution is 2.31. The van der Waals surface area contributed by atoms with Crippen molar-refractivity contribution in [3.63, 3.8) is 0 Å². The van der Waals surface area contributed by atoms with Gasteiger partial charge in [0, 0.05) is 24.8 Å². The lowest BCUT2D eigenvalue weighted by molar-refractivity contribution is -0.127.